The van der Waals surface area contributed by atoms with Gasteiger partial charge in [0.2, 0.25) is 5.89 Å². The summed E-state index contributed by atoms with van der Waals surface area (Å²) in [5.74, 6) is 2.02. The number of aromatic nitrogens is 2. The number of rotatable bonds is 3. The highest BCUT2D eigenvalue weighted by Gasteiger charge is 2.39. The van der Waals surface area contributed by atoms with Gasteiger partial charge in [-0.05, 0) is 43.4 Å². The Labute approximate surface area is 124 Å². The fraction of sp³-hybridized carbons (Fsp3) is 0.529. The lowest BCUT2D eigenvalue weighted by molar-refractivity contribution is 0.220. The fourth-order valence-electron chi connectivity index (χ4n) is 3.68. The van der Waals surface area contributed by atoms with E-state index in [-0.39, 0.29) is 5.41 Å². The predicted molar refractivity (Wildman–Crippen MR) is 80.4 cm³/mol. The predicted octanol–water partition coefficient (Wildman–Crippen LogP) is 2.79. The molecule has 4 heteroatoms. The third-order valence-corrected chi connectivity index (χ3v) is 5.21. The third kappa shape index (κ3) is 2.01. The van der Waals surface area contributed by atoms with Crippen molar-refractivity contribution in [1.82, 2.24) is 15.5 Å². The summed E-state index contributed by atoms with van der Waals surface area (Å²) >= 11 is 0. The molecule has 4 nitrogen and oxygen atoms in total. The molecule has 2 heterocycles. The smallest absolute Gasteiger partial charge is 0.234 e. The van der Waals surface area contributed by atoms with Crippen LogP contribution in [0.1, 0.15) is 54.9 Å². The van der Waals surface area contributed by atoms with E-state index in [0.717, 1.165) is 44.1 Å². The molecule has 1 saturated heterocycles. The molecule has 0 amide bonds. The van der Waals surface area contributed by atoms with Crippen LogP contribution in [0.3, 0.4) is 0 Å². The molecule has 2 unspecified atom stereocenters. The van der Waals surface area contributed by atoms with Crippen LogP contribution < -0.4 is 5.32 Å². The second-order valence-electron chi connectivity index (χ2n) is 6.33. The standard InChI is InChI=1S/C17H21N3O/c1-2-17(8-5-9-18-11-17)16-19-15(20-21-16)14-10-12-6-3-4-7-13(12)14/h3-4,6-7,14,18H,2,5,8-11H2,1H3. The van der Waals surface area contributed by atoms with E-state index in [0.29, 0.717) is 5.92 Å². The average molecular weight is 283 g/mol. The van der Waals surface area contributed by atoms with Crippen LogP contribution in [0.4, 0.5) is 0 Å². The maximum Gasteiger partial charge on any atom is 0.234 e. The molecule has 110 valence electrons. The van der Waals surface area contributed by atoms with Crippen LogP contribution in [0.5, 0.6) is 0 Å². The molecule has 2 aromatic rings. The summed E-state index contributed by atoms with van der Waals surface area (Å²) in [6, 6.07) is 8.55. The minimum Gasteiger partial charge on any atom is -0.339 e. The Morgan fingerprint density at radius 3 is 3.05 bits per heavy atom. The highest BCUT2D eigenvalue weighted by atomic mass is 16.5. The Balaban J connectivity index is 1.62. The van der Waals surface area contributed by atoms with Crippen molar-refractivity contribution in [3.8, 4) is 0 Å². The van der Waals surface area contributed by atoms with Gasteiger partial charge in [0.1, 0.15) is 0 Å². The number of nitrogens with one attached hydrogen (secondary N) is 1. The quantitative estimate of drug-likeness (QED) is 0.941. The van der Waals surface area contributed by atoms with Gasteiger partial charge in [0, 0.05) is 6.54 Å². The molecule has 1 aliphatic heterocycles. The van der Waals surface area contributed by atoms with E-state index >= 15 is 0 Å². The highest BCUT2D eigenvalue weighted by Crippen LogP contribution is 2.40. The number of hydrogen-bond acceptors (Lipinski definition) is 4. The van der Waals surface area contributed by atoms with Gasteiger partial charge in [-0.3, -0.25) is 0 Å². The first-order valence-corrected chi connectivity index (χ1v) is 7.95. The van der Waals surface area contributed by atoms with Crippen molar-refractivity contribution < 1.29 is 4.52 Å². The molecule has 1 N–H and O–H groups in total. The van der Waals surface area contributed by atoms with Crippen molar-refractivity contribution in [3.63, 3.8) is 0 Å². The van der Waals surface area contributed by atoms with Gasteiger partial charge in [-0.1, -0.05) is 36.3 Å². The summed E-state index contributed by atoms with van der Waals surface area (Å²) < 4.78 is 5.67. The van der Waals surface area contributed by atoms with Crippen molar-refractivity contribution in [3.05, 3.63) is 47.1 Å². The molecule has 1 aromatic carbocycles. The first kappa shape index (κ1) is 13.0. The zero-order chi connectivity index (χ0) is 14.3. The van der Waals surface area contributed by atoms with Crippen molar-refractivity contribution in [2.24, 2.45) is 0 Å². The molecule has 2 aliphatic rings. The Morgan fingerprint density at radius 2 is 2.29 bits per heavy atom. The van der Waals surface area contributed by atoms with Crippen LogP contribution in [-0.2, 0) is 11.8 Å². The van der Waals surface area contributed by atoms with Gasteiger partial charge in [-0.2, -0.15) is 4.98 Å². The van der Waals surface area contributed by atoms with Crippen molar-refractivity contribution in [2.45, 2.75) is 43.9 Å². The lowest BCUT2D eigenvalue weighted by Gasteiger charge is -2.33. The molecule has 2 atom stereocenters. The number of hydrogen-bond donors (Lipinski definition) is 1. The third-order valence-electron chi connectivity index (χ3n) is 5.21. The van der Waals surface area contributed by atoms with Crippen LogP contribution in [0, 0.1) is 0 Å². The number of piperidine rings is 1. The maximum absolute atomic E-state index is 5.67. The van der Waals surface area contributed by atoms with E-state index in [1.54, 1.807) is 0 Å². The summed E-state index contributed by atoms with van der Waals surface area (Å²) in [5.41, 5.74) is 2.81. The molecule has 1 fully saturated rings. The number of nitrogens with zero attached hydrogens (tertiary/aromatic N) is 2. The Kier molecular flexibility index (Phi) is 3.07. The minimum absolute atomic E-state index is 0.0345. The summed E-state index contributed by atoms with van der Waals surface area (Å²) in [4.78, 5) is 4.78. The van der Waals surface area contributed by atoms with Gasteiger partial charge >= 0.3 is 0 Å². The van der Waals surface area contributed by atoms with Crippen LogP contribution in [-0.4, -0.2) is 23.2 Å². The van der Waals surface area contributed by atoms with Crippen molar-refractivity contribution in [1.29, 1.82) is 0 Å². The van der Waals surface area contributed by atoms with Crippen LogP contribution >= 0.6 is 0 Å². The van der Waals surface area contributed by atoms with Crippen molar-refractivity contribution >= 4 is 0 Å². The topological polar surface area (TPSA) is 51.0 Å². The Hall–Kier alpha value is -1.68. The zero-order valence-electron chi connectivity index (χ0n) is 12.4. The highest BCUT2D eigenvalue weighted by molar-refractivity contribution is 5.43. The molecule has 21 heavy (non-hydrogen) atoms. The molecule has 0 spiro atoms. The Morgan fingerprint density at radius 1 is 1.38 bits per heavy atom. The largest absolute Gasteiger partial charge is 0.339 e. The second kappa shape index (κ2) is 4.95. The van der Waals surface area contributed by atoms with Gasteiger partial charge < -0.3 is 9.84 Å². The van der Waals surface area contributed by atoms with Crippen LogP contribution in [0.25, 0.3) is 0 Å². The summed E-state index contributed by atoms with van der Waals surface area (Å²) in [5, 5.41) is 7.77. The maximum atomic E-state index is 5.67. The number of benzene rings is 1. The zero-order valence-corrected chi connectivity index (χ0v) is 12.4. The molecule has 0 bridgehead atoms. The normalized spacial score (nSPS) is 28.0. The Bertz CT molecular complexity index is 643. The van der Waals surface area contributed by atoms with E-state index in [1.807, 2.05) is 0 Å². The fourth-order valence-corrected chi connectivity index (χ4v) is 3.68. The van der Waals surface area contributed by atoms with E-state index in [1.165, 1.54) is 17.5 Å². The summed E-state index contributed by atoms with van der Waals surface area (Å²) in [7, 11) is 0. The van der Waals surface area contributed by atoms with Gasteiger partial charge in [-0.25, -0.2) is 0 Å². The first-order valence-electron chi connectivity index (χ1n) is 7.95. The minimum atomic E-state index is 0.0345. The molecular weight excluding hydrogens is 262 g/mol. The SMILES string of the molecule is CCC1(c2nc(C3Cc4ccccc43)no2)CCCNC1. The molecule has 1 aliphatic carbocycles. The van der Waals surface area contributed by atoms with Crippen LogP contribution in [0.2, 0.25) is 0 Å². The van der Waals surface area contributed by atoms with Crippen molar-refractivity contribution in [2.75, 3.05) is 13.1 Å². The monoisotopic (exact) mass is 283 g/mol. The number of fused-ring (bicyclic) bond motifs is 1. The van der Waals surface area contributed by atoms with E-state index < -0.39 is 0 Å². The summed E-state index contributed by atoms with van der Waals surface area (Å²) in [6.45, 7) is 4.26. The van der Waals surface area contributed by atoms with E-state index in [2.05, 4.69) is 41.7 Å². The average Bonchev–Trinajstić information content (AvgIpc) is 2.99. The first-order chi connectivity index (χ1) is 10.3. The molecule has 4 rings (SSSR count). The lowest BCUT2D eigenvalue weighted by Crippen LogP contribution is -2.43. The molecular formula is C17H21N3O. The molecule has 0 radical (unpaired) electrons. The summed E-state index contributed by atoms with van der Waals surface area (Å²) in [6.07, 6.45) is 4.40. The molecule has 1 aromatic heterocycles. The second-order valence-corrected chi connectivity index (χ2v) is 6.33. The van der Waals surface area contributed by atoms with Gasteiger partial charge in [0.25, 0.3) is 0 Å². The lowest BCUT2D eigenvalue weighted by atomic mass is 9.76. The molecule has 0 saturated carbocycles. The van der Waals surface area contributed by atoms with Crippen LogP contribution in [0.15, 0.2) is 28.8 Å². The van der Waals surface area contributed by atoms with E-state index in [9.17, 15) is 0 Å². The van der Waals surface area contributed by atoms with Gasteiger partial charge in [-0.15, -0.1) is 0 Å². The van der Waals surface area contributed by atoms with E-state index in [4.69, 9.17) is 9.51 Å². The van der Waals surface area contributed by atoms with Gasteiger partial charge in [0.15, 0.2) is 5.82 Å². The van der Waals surface area contributed by atoms with Gasteiger partial charge in [0.05, 0.1) is 11.3 Å².